The van der Waals surface area contributed by atoms with Gasteiger partial charge in [-0.1, -0.05) is 19.1 Å². The van der Waals surface area contributed by atoms with E-state index >= 15 is 0 Å². The lowest BCUT2D eigenvalue weighted by molar-refractivity contribution is 0.0242. The largest absolute Gasteiger partial charge is 0.379 e. The molecule has 6 heteroatoms. The number of amides is 2. The van der Waals surface area contributed by atoms with E-state index in [0.717, 1.165) is 70.9 Å². The number of carbonyl (C=O) groups excluding carboxylic acids is 1. The van der Waals surface area contributed by atoms with Crippen molar-refractivity contribution in [1.29, 1.82) is 0 Å². The van der Waals surface area contributed by atoms with Gasteiger partial charge >= 0.3 is 6.03 Å². The summed E-state index contributed by atoms with van der Waals surface area (Å²) < 4.78 is 6.00. The molecule has 2 saturated heterocycles. The Balaban J connectivity index is 1.34. The second kappa shape index (κ2) is 9.58. The van der Waals surface area contributed by atoms with Crippen LogP contribution >= 0.6 is 0 Å². The normalized spacial score (nSPS) is 19.4. The minimum absolute atomic E-state index is 0.00119. The first-order valence-electron chi connectivity index (χ1n) is 11.0. The van der Waals surface area contributed by atoms with Crippen LogP contribution < -0.4 is 5.32 Å². The van der Waals surface area contributed by atoms with Crippen molar-refractivity contribution in [2.24, 2.45) is 5.41 Å². The maximum Gasteiger partial charge on any atom is 0.321 e. The molecule has 2 amide bonds. The summed E-state index contributed by atoms with van der Waals surface area (Å²) in [4.78, 5) is 21.3. The van der Waals surface area contributed by atoms with Gasteiger partial charge in [-0.05, 0) is 54.7 Å². The molecule has 3 heterocycles. The van der Waals surface area contributed by atoms with Crippen LogP contribution in [0.3, 0.4) is 0 Å². The molecular formula is C24H32N4O2. The van der Waals surface area contributed by atoms with Gasteiger partial charge in [0.15, 0.2) is 0 Å². The predicted molar refractivity (Wildman–Crippen MR) is 118 cm³/mol. The summed E-state index contributed by atoms with van der Waals surface area (Å²) in [5, 5.41) is 3.07. The first kappa shape index (κ1) is 20.8. The molecule has 2 aliphatic rings. The van der Waals surface area contributed by atoms with Gasteiger partial charge in [-0.3, -0.25) is 9.88 Å². The molecule has 1 spiro atoms. The number of aryl methyl sites for hydroxylation is 1. The molecule has 160 valence electrons. The van der Waals surface area contributed by atoms with Gasteiger partial charge in [0, 0.05) is 56.2 Å². The van der Waals surface area contributed by atoms with E-state index in [1.807, 2.05) is 29.4 Å². The number of nitrogens with one attached hydrogen (secondary N) is 1. The molecule has 2 aliphatic heterocycles. The van der Waals surface area contributed by atoms with Crippen molar-refractivity contribution in [2.45, 2.75) is 32.7 Å². The van der Waals surface area contributed by atoms with Crippen molar-refractivity contribution < 1.29 is 9.53 Å². The molecule has 1 aromatic carbocycles. The fraction of sp³-hybridized carbons (Fsp3) is 0.500. The molecule has 4 rings (SSSR count). The minimum Gasteiger partial charge on any atom is -0.379 e. The van der Waals surface area contributed by atoms with Gasteiger partial charge in [0.2, 0.25) is 0 Å². The van der Waals surface area contributed by atoms with E-state index in [1.165, 1.54) is 11.1 Å². The van der Waals surface area contributed by atoms with Crippen LogP contribution in [-0.4, -0.2) is 60.2 Å². The molecule has 1 aromatic heterocycles. The third-order valence-corrected chi connectivity index (χ3v) is 6.37. The molecule has 0 saturated carbocycles. The number of carbonyl (C=O) groups is 1. The van der Waals surface area contributed by atoms with Gasteiger partial charge in [0.1, 0.15) is 0 Å². The van der Waals surface area contributed by atoms with Crippen LogP contribution in [0, 0.1) is 5.41 Å². The highest BCUT2D eigenvalue weighted by Crippen LogP contribution is 2.35. The first-order valence-corrected chi connectivity index (χ1v) is 11.0. The molecule has 0 aliphatic carbocycles. The zero-order valence-corrected chi connectivity index (χ0v) is 17.8. The lowest BCUT2D eigenvalue weighted by Gasteiger charge is -2.42. The topological polar surface area (TPSA) is 57.7 Å². The Morgan fingerprint density at radius 2 is 1.93 bits per heavy atom. The molecule has 6 nitrogen and oxygen atoms in total. The summed E-state index contributed by atoms with van der Waals surface area (Å²) in [6, 6.07) is 12.3. The lowest BCUT2D eigenvalue weighted by Crippen LogP contribution is -2.49. The Labute approximate surface area is 179 Å². The maximum absolute atomic E-state index is 12.8. The van der Waals surface area contributed by atoms with Crippen LogP contribution in [0.25, 0.3) is 0 Å². The summed E-state index contributed by atoms with van der Waals surface area (Å²) in [7, 11) is 0. The van der Waals surface area contributed by atoms with Crippen LogP contribution in [-0.2, 0) is 17.7 Å². The predicted octanol–water partition coefficient (Wildman–Crippen LogP) is 3.79. The van der Waals surface area contributed by atoms with Crippen molar-refractivity contribution in [3.8, 4) is 0 Å². The SMILES string of the molecule is CCc1cccc(NC(=O)N2CCC3(CC2)COCCN(Cc2ccncc2)C3)c1. The molecule has 2 aromatic rings. The monoisotopic (exact) mass is 408 g/mol. The van der Waals surface area contributed by atoms with Crippen molar-refractivity contribution in [3.63, 3.8) is 0 Å². The Hall–Kier alpha value is -2.44. The molecule has 0 unspecified atom stereocenters. The number of rotatable bonds is 4. The smallest absolute Gasteiger partial charge is 0.321 e. The Morgan fingerprint density at radius 3 is 2.70 bits per heavy atom. The Kier molecular flexibility index (Phi) is 6.65. The average molecular weight is 409 g/mol. The highest BCUT2D eigenvalue weighted by Gasteiger charge is 2.39. The van der Waals surface area contributed by atoms with Gasteiger partial charge in [0.05, 0.1) is 13.2 Å². The zero-order valence-electron chi connectivity index (χ0n) is 17.8. The molecule has 30 heavy (non-hydrogen) atoms. The van der Waals surface area contributed by atoms with Gasteiger partial charge in [-0.15, -0.1) is 0 Å². The molecular weight excluding hydrogens is 376 g/mol. The number of nitrogens with zero attached hydrogens (tertiary/aromatic N) is 3. The van der Waals surface area contributed by atoms with E-state index in [1.54, 1.807) is 0 Å². The number of aromatic nitrogens is 1. The van der Waals surface area contributed by atoms with Gasteiger partial charge in [-0.2, -0.15) is 0 Å². The maximum atomic E-state index is 12.8. The fourth-order valence-corrected chi connectivity index (χ4v) is 4.52. The minimum atomic E-state index is 0.00119. The number of benzene rings is 1. The van der Waals surface area contributed by atoms with E-state index in [-0.39, 0.29) is 11.4 Å². The Bertz CT molecular complexity index is 834. The summed E-state index contributed by atoms with van der Waals surface area (Å²) in [5.74, 6) is 0. The van der Waals surface area contributed by atoms with Gasteiger partial charge < -0.3 is 15.0 Å². The van der Waals surface area contributed by atoms with Gasteiger partial charge in [0.25, 0.3) is 0 Å². The highest BCUT2D eigenvalue weighted by atomic mass is 16.5. The summed E-state index contributed by atoms with van der Waals surface area (Å²) in [5.41, 5.74) is 3.52. The number of likely N-dealkylation sites (tertiary alicyclic amines) is 1. The molecule has 0 bridgehead atoms. The summed E-state index contributed by atoms with van der Waals surface area (Å²) >= 11 is 0. The van der Waals surface area contributed by atoms with Crippen LogP contribution in [0.5, 0.6) is 0 Å². The Morgan fingerprint density at radius 1 is 1.13 bits per heavy atom. The highest BCUT2D eigenvalue weighted by molar-refractivity contribution is 5.89. The van der Waals surface area contributed by atoms with Crippen LogP contribution in [0.15, 0.2) is 48.8 Å². The molecule has 1 N–H and O–H groups in total. The van der Waals surface area contributed by atoms with Gasteiger partial charge in [-0.25, -0.2) is 4.79 Å². The van der Waals surface area contributed by atoms with Crippen molar-refractivity contribution >= 4 is 11.7 Å². The molecule has 0 radical (unpaired) electrons. The van der Waals surface area contributed by atoms with Crippen molar-refractivity contribution in [2.75, 3.05) is 44.7 Å². The van der Waals surface area contributed by atoms with Crippen LogP contribution in [0.1, 0.15) is 30.9 Å². The first-order chi connectivity index (χ1) is 14.7. The number of pyridine rings is 1. The van der Waals surface area contributed by atoms with Crippen molar-refractivity contribution in [1.82, 2.24) is 14.8 Å². The second-order valence-electron chi connectivity index (χ2n) is 8.59. The van der Waals surface area contributed by atoms with Crippen LogP contribution in [0.2, 0.25) is 0 Å². The standard InChI is InChI=1S/C24H32N4O2/c1-2-20-4-3-5-22(16-20)26-23(29)28-12-8-24(9-13-28)18-27(14-15-30-19-24)17-21-6-10-25-11-7-21/h3-7,10-11,16H,2,8-9,12-15,17-19H2,1H3,(H,26,29). The molecule has 2 fully saturated rings. The molecule has 0 atom stereocenters. The van der Waals surface area contributed by atoms with E-state index in [4.69, 9.17) is 4.74 Å². The van der Waals surface area contributed by atoms with E-state index in [0.29, 0.717) is 0 Å². The summed E-state index contributed by atoms with van der Waals surface area (Å²) in [6.45, 7) is 8.10. The fourth-order valence-electron chi connectivity index (χ4n) is 4.52. The van der Waals surface area contributed by atoms with E-state index in [2.05, 4.69) is 46.4 Å². The third-order valence-electron chi connectivity index (χ3n) is 6.37. The number of piperidine rings is 1. The van der Waals surface area contributed by atoms with E-state index in [9.17, 15) is 4.79 Å². The quantitative estimate of drug-likeness (QED) is 0.836. The number of hydrogen-bond donors (Lipinski definition) is 1. The van der Waals surface area contributed by atoms with Crippen molar-refractivity contribution in [3.05, 3.63) is 59.9 Å². The number of urea groups is 1. The number of ether oxygens (including phenoxy) is 1. The van der Waals surface area contributed by atoms with E-state index < -0.39 is 0 Å². The lowest BCUT2D eigenvalue weighted by atomic mass is 9.78. The number of hydrogen-bond acceptors (Lipinski definition) is 4. The van der Waals surface area contributed by atoms with Crippen LogP contribution in [0.4, 0.5) is 10.5 Å². The zero-order chi connectivity index (χ0) is 20.8. The average Bonchev–Trinajstić information content (AvgIpc) is 2.97. The number of anilines is 1. The third kappa shape index (κ3) is 5.18. The second-order valence-corrected chi connectivity index (χ2v) is 8.59. The summed E-state index contributed by atoms with van der Waals surface area (Å²) in [6.07, 6.45) is 6.62.